The molecule has 1 aromatic carbocycles. The lowest BCUT2D eigenvalue weighted by molar-refractivity contribution is 0.173. The molecule has 2 rings (SSSR count). The topological polar surface area (TPSA) is 47.3 Å². The van der Waals surface area contributed by atoms with Crippen molar-refractivity contribution in [2.24, 2.45) is 0 Å². The van der Waals surface area contributed by atoms with Gasteiger partial charge in [0.15, 0.2) is 0 Å². The van der Waals surface area contributed by atoms with Crippen molar-refractivity contribution in [2.75, 3.05) is 7.11 Å². The fourth-order valence-corrected chi connectivity index (χ4v) is 1.95. The molecule has 0 radical (unpaired) electrons. The lowest BCUT2D eigenvalue weighted by Gasteiger charge is -2.05. The molecule has 19 heavy (non-hydrogen) atoms. The van der Waals surface area contributed by atoms with Crippen LogP contribution in [0.15, 0.2) is 36.7 Å². The van der Waals surface area contributed by atoms with E-state index in [1.165, 1.54) is 5.56 Å². The fraction of sp³-hybridized carbons (Fsp3) is 0.400. The molecule has 1 aromatic heterocycles. The minimum atomic E-state index is -0.408. The third kappa shape index (κ3) is 3.58. The zero-order valence-corrected chi connectivity index (χ0v) is 11.4. The number of nitrogens with zero attached hydrogens (tertiary/aromatic N) is 2. The van der Waals surface area contributed by atoms with Crippen molar-refractivity contribution in [1.82, 2.24) is 9.78 Å². The van der Waals surface area contributed by atoms with Gasteiger partial charge in [-0.2, -0.15) is 5.10 Å². The van der Waals surface area contributed by atoms with Crippen LogP contribution in [0, 0.1) is 0 Å². The van der Waals surface area contributed by atoms with Crippen LogP contribution < -0.4 is 4.74 Å². The summed E-state index contributed by atoms with van der Waals surface area (Å²) >= 11 is 0. The van der Waals surface area contributed by atoms with Crippen LogP contribution >= 0.6 is 0 Å². The smallest absolute Gasteiger partial charge is 0.118 e. The van der Waals surface area contributed by atoms with E-state index >= 15 is 0 Å². The van der Waals surface area contributed by atoms with E-state index in [0.717, 1.165) is 24.3 Å². The summed E-state index contributed by atoms with van der Waals surface area (Å²) in [6.45, 7) is 2.77. The third-order valence-electron chi connectivity index (χ3n) is 3.21. The van der Waals surface area contributed by atoms with Crippen molar-refractivity contribution in [3.8, 4) is 5.75 Å². The first-order valence-corrected chi connectivity index (χ1v) is 6.56. The molecule has 0 aliphatic rings. The number of aromatic nitrogens is 2. The van der Waals surface area contributed by atoms with E-state index in [1.807, 2.05) is 29.9 Å². The minimum Gasteiger partial charge on any atom is -0.497 e. The Kier molecular flexibility index (Phi) is 4.58. The zero-order valence-electron chi connectivity index (χ0n) is 11.4. The number of benzene rings is 1. The normalized spacial score (nSPS) is 12.4. The maximum absolute atomic E-state index is 9.72. The Labute approximate surface area is 113 Å². The lowest BCUT2D eigenvalue weighted by atomic mass is 10.1. The number of methoxy groups -OCH3 is 1. The number of aryl methyl sites for hydroxylation is 2. The number of aliphatic hydroxyl groups is 1. The molecule has 1 atom stereocenters. The van der Waals surface area contributed by atoms with E-state index in [-0.39, 0.29) is 0 Å². The third-order valence-corrected chi connectivity index (χ3v) is 3.21. The van der Waals surface area contributed by atoms with Crippen molar-refractivity contribution in [1.29, 1.82) is 0 Å². The second-order valence-electron chi connectivity index (χ2n) is 4.56. The lowest BCUT2D eigenvalue weighted by Crippen LogP contribution is -2.02. The average molecular weight is 260 g/mol. The van der Waals surface area contributed by atoms with E-state index in [4.69, 9.17) is 4.74 Å². The molecule has 0 saturated heterocycles. The van der Waals surface area contributed by atoms with E-state index in [2.05, 4.69) is 17.2 Å². The van der Waals surface area contributed by atoms with Crippen LogP contribution in [-0.4, -0.2) is 22.0 Å². The van der Waals surface area contributed by atoms with Crippen molar-refractivity contribution in [3.05, 3.63) is 47.8 Å². The molecule has 1 unspecified atom stereocenters. The summed E-state index contributed by atoms with van der Waals surface area (Å²) in [6, 6.07) is 8.05. The van der Waals surface area contributed by atoms with Gasteiger partial charge in [-0.25, -0.2) is 0 Å². The highest BCUT2D eigenvalue weighted by Gasteiger charge is 2.07. The summed E-state index contributed by atoms with van der Waals surface area (Å²) in [5.41, 5.74) is 2.13. The van der Waals surface area contributed by atoms with Gasteiger partial charge in [-0.3, -0.25) is 4.68 Å². The Morgan fingerprint density at radius 2 is 2.05 bits per heavy atom. The molecule has 1 N–H and O–H groups in total. The Morgan fingerprint density at radius 3 is 2.68 bits per heavy atom. The van der Waals surface area contributed by atoms with Crippen LogP contribution in [0.5, 0.6) is 5.75 Å². The first-order chi connectivity index (χ1) is 9.22. The second-order valence-corrected chi connectivity index (χ2v) is 4.56. The van der Waals surface area contributed by atoms with E-state index in [9.17, 15) is 5.11 Å². The Balaban J connectivity index is 1.92. The van der Waals surface area contributed by atoms with Crippen molar-refractivity contribution in [2.45, 2.75) is 32.4 Å². The van der Waals surface area contributed by atoms with Crippen LogP contribution in [0.3, 0.4) is 0 Å². The molecule has 0 saturated carbocycles. The van der Waals surface area contributed by atoms with Crippen molar-refractivity contribution < 1.29 is 9.84 Å². The largest absolute Gasteiger partial charge is 0.497 e. The minimum absolute atomic E-state index is 0.408. The molecular formula is C15H20N2O2. The maximum Gasteiger partial charge on any atom is 0.118 e. The first-order valence-electron chi connectivity index (χ1n) is 6.56. The monoisotopic (exact) mass is 260 g/mol. The molecule has 2 aromatic rings. The summed E-state index contributed by atoms with van der Waals surface area (Å²) in [7, 11) is 1.67. The van der Waals surface area contributed by atoms with Gasteiger partial charge in [-0.1, -0.05) is 19.1 Å². The number of hydrogen-bond acceptors (Lipinski definition) is 3. The van der Waals surface area contributed by atoms with Gasteiger partial charge >= 0.3 is 0 Å². The van der Waals surface area contributed by atoms with Gasteiger partial charge in [0, 0.05) is 18.3 Å². The summed E-state index contributed by atoms with van der Waals surface area (Å²) in [5, 5.41) is 14.0. The summed E-state index contributed by atoms with van der Waals surface area (Å²) in [4.78, 5) is 0. The molecule has 0 fully saturated rings. The fourth-order valence-electron chi connectivity index (χ4n) is 1.95. The number of hydrogen-bond donors (Lipinski definition) is 1. The molecular weight excluding hydrogens is 240 g/mol. The van der Waals surface area contributed by atoms with Crippen LogP contribution in [0.4, 0.5) is 0 Å². The van der Waals surface area contributed by atoms with Crippen LogP contribution in [0.25, 0.3) is 0 Å². The predicted molar refractivity (Wildman–Crippen MR) is 74.2 cm³/mol. The van der Waals surface area contributed by atoms with Crippen LogP contribution in [0.1, 0.15) is 30.6 Å². The standard InChI is InChI=1S/C15H20N2O2/c1-3-15(18)13-10-16-17(11-13)9-8-12-4-6-14(19-2)7-5-12/h4-7,10-11,15,18H,3,8-9H2,1-2H3. The van der Waals surface area contributed by atoms with E-state index < -0.39 is 6.10 Å². The number of rotatable bonds is 6. The Bertz CT molecular complexity index is 505. The summed E-state index contributed by atoms with van der Waals surface area (Å²) in [6.07, 6.45) is 4.87. The molecule has 0 spiro atoms. The quantitative estimate of drug-likeness (QED) is 0.868. The SMILES string of the molecule is CCC(O)c1cnn(CCc2ccc(OC)cc2)c1. The highest BCUT2D eigenvalue weighted by molar-refractivity contribution is 5.27. The van der Waals surface area contributed by atoms with Gasteiger partial charge in [-0.15, -0.1) is 0 Å². The molecule has 0 aliphatic carbocycles. The molecule has 0 bridgehead atoms. The van der Waals surface area contributed by atoms with Gasteiger partial charge < -0.3 is 9.84 Å². The molecule has 102 valence electrons. The maximum atomic E-state index is 9.72. The Morgan fingerprint density at radius 1 is 1.32 bits per heavy atom. The van der Waals surface area contributed by atoms with Gasteiger partial charge in [-0.05, 0) is 30.5 Å². The van der Waals surface area contributed by atoms with E-state index in [1.54, 1.807) is 13.3 Å². The zero-order chi connectivity index (χ0) is 13.7. The van der Waals surface area contributed by atoms with Crippen molar-refractivity contribution >= 4 is 0 Å². The molecule has 0 amide bonds. The van der Waals surface area contributed by atoms with Gasteiger partial charge in [0.1, 0.15) is 5.75 Å². The first kappa shape index (κ1) is 13.6. The summed E-state index contributed by atoms with van der Waals surface area (Å²) < 4.78 is 7.00. The summed E-state index contributed by atoms with van der Waals surface area (Å²) in [5.74, 6) is 0.871. The average Bonchev–Trinajstić information content (AvgIpc) is 2.93. The molecule has 1 heterocycles. The Hall–Kier alpha value is -1.81. The van der Waals surface area contributed by atoms with Gasteiger partial charge in [0.2, 0.25) is 0 Å². The second kappa shape index (κ2) is 6.38. The highest BCUT2D eigenvalue weighted by atomic mass is 16.5. The number of aliphatic hydroxyl groups excluding tert-OH is 1. The van der Waals surface area contributed by atoms with Crippen LogP contribution in [-0.2, 0) is 13.0 Å². The molecule has 0 aliphatic heterocycles. The highest BCUT2D eigenvalue weighted by Crippen LogP contribution is 2.15. The molecule has 4 nitrogen and oxygen atoms in total. The van der Waals surface area contributed by atoms with Crippen molar-refractivity contribution in [3.63, 3.8) is 0 Å². The van der Waals surface area contributed by atoms with Gasteiger partial charge in [0.05, 0.1) is 19.4 Å². The van der Waals surface area contributed by atoms with Gasteiger partial charge in [0.25, 0.3) is 0 Å². The number of ether oxygens (including phenoxy) is 1. The van der Waals surface area contributed by atoms with Crippen LogP contribution in [0.2, 0.25) is 0 Å². The molecule has 4 heteroatoms. The predicted octanol–water partition coefficient (Wildman–Crippen LogP) is 2.58. The van der Waals surface area contributed by atoms with E-state index in [0.29, 0.717) is 6.42 Å².